The highest BCUT2D eigenvalue weighted by atomic mass is 32.1. The number of benzene rings is 1. The Balaban J connectivity index is 1.45. The fraction of sp³-hybridized carbons (Fsp3) is 0.474. The maximum absolute atomic E-state index is 12.4. The highest BCUT2D eigenvalue weighted by Crippen LogP contribution is 2.28. The lowest BCUT2D eigenvalue weighted by Gasteiger charge is -2.12. The molecule has 0 radical (unpaired) electrons. The first-order chi connectivity index (χ1) is 13.6. The average Bonchev–Trinajstić information content (AvgIpc) is 3.32. The van der Waals surface area contributed by atoms with Crippen LogP contribution in [0.4, 0.5) is 5.13 Å². The molecule has 0 aliphatic carbocycles. The Morgan fingerprint density at radius 2 is 2.21 bits per heavy atom. The van der Waals surface area contributed by atoms with Gasteiger partial charge in [-0.2, -0.15) is 0 Å². The number of hydrogen-bond acceptors (Lipinski definition) is 7. The number of hydrogen-bond donors (Lipinski definition) is 1. The van der Waals surface area contributed by atoms with Crippen molar-refractivity contribution in [1.82, 2.24) is 15.5 Å². The van der Waals surface area contributed by atoms with Gasteiger partial charge in [-0.1, -0.05) is 23.5 Å². The number of rotatable bonds is 9. The first-order valence-corrected chi connectivity index (χ1v) is 9.94. The summed E-state index contributed by atoms with van der Waals surface area (Å²) in [4.78, 5) is 26.2. The lowest BCUT2D eigenvalue weighted by molar-refractivity contribution is -0.126. The Bertz CT molecular complexity index is 826. The molecule has 0 spiro atoms. The van der Waals surface area contributed by atoms with Gasteiger partial charge in [0.15, 0.2) is 0 Å². The number of amides is 2. The quantitative estimate of drug-likeness (QED) is 0.641. The van der Waals surface area contributed by atoms with E-state index >= 15 is 0 Å². The van der Waals surface area contributed by atoms with Crippen LogP contribution < -0.4 is 15.0 Å². The number of carbonyl (C=O) groups excluding carboxylic acids is 2. The van der Waals surface area contributed by atoms with Gasteiger partial charge in [-0.05, 0) is 30.5 Å². The van der Waals surface area contributed by atoms with E-state index in [1.807, 2.05) is 24.3 Å². The predicted octanol–water partition coefficient (Wildman–Crippen LogP) is 1.79. The summed E-state index contributed by atoms with van der Waals surface area (Å²) in [6.07, 6.45) is 1.86. The Hall–Kier alpha value is -2.52. The molecule has 1 saturated heterocycles. The van der Waals surface area contributed by atoms with Crippen LogP contribution >= 0.6 is 11.3 Å². The molecule has 1 aromatic heterocycles. The predicted molar refractivity (Wildman–Crippen MR) is 105 cm³/mol. The van der Waals surface area contributed by atoms with Crippen LogP contribution in [0.1, 0.15) is 23.4 Å². The molecule has 1 aromatic carbocycles. The Morgan fingerprint density at radius 3 is 3.00 bits per heavy atom. The third-order valence-corrected chi connectivity index (χ3v) is 5.45. The summed E-state index contributed by atoms with van der Waals surface area (Å²) in [5.74, 6) is 0.273. The third-order valence-electron chi connectivity index (χ3n) is 4.53. The van der Waals surface area contributed by atoms with Gasteiger partial charge in [-0.25, -0.2) is 0 Å². The zero-order valence-corrected chi connectivity index (χ0v) is 16.8. The average molecular weight is 404 g/mol. The summed E-state index contributed by atoms with van der Waals surface area (Å²) in [5.41, 5.74) is 1.17. The number of nitrogens with zero attached hydrogens (tertiary/aromatic N) is 3. The first-order valence-electron chi connectivity index (χ1n) is 9.13. The molecule has 9 heteroatoms. The molecule has 150 valence electrons. The molecule has 0 saturated carbocycles. The maximum atomic E-state index is 12.4. The van der Waals surface area contributed by atoms with Crippen molar-refractivity contribution in [3.8, 4) is 5.75 Å². The second-order valence-electron chi connectivity index (χ2n) is 6.56. The number of nitrogens with one attached hydrogen (secondary N) is 1. The van der Waals surface area contributed by atoms with Crippen LogP contribution in [0, 0.1) is 5.92 Å². The number of carbonyl (C=O) groups is 2. The number of methoxy groups -OCH3 is 2. The summed E-state index contributed by atoms with van der Waals surface area (Å²) < 4.78 is 10.2. The van der Waals surface area contributed by atoms with Gasteiger partial charge in [0.2, 0.25) is 16.9 Å². The van der Waals surface area contributed by atoms with Crippen molar-refractivity contribution in [3.63, 3.8) is 0 Å². The Morgan fingerprint density at radius 1 is 1.36 bits per heavy atom. The van der Waals surface area contributed by atoms with Gasteiger partial charge < -0.3 is 14.8 Å². The minimum Gasteiger partial charge on any atom is -0.497 e. The number of aryl methyl sites for hydroxylation is 1. The van der Waals surface area contributed by atoms with Crippen LogP contribution in [0.25, 0.3) is 0 Å². The Kier molecular flexibility index (Phi) is 6.94. The molecule has 1 fully saturated rings. The molecular formula is C19H24N4O4S. The summed E-state index contributed by atoms with van der Waals surface area (Å²) >= 11 is 1.31. The topological polar surface area (TPSA) is 93.7 Å². The van der Waals surface area contributed by atoms with Crippen molar-refractivity contribution in [2.75, 3.05) is 32.2 Å². The number of aromatic nitrogens is 2. The van der Waals surface area contributed by atoms with E-state index in [2.05, 4.69) is 15.5 Å². The molecule has 8 nitrogen and oxygen atoms in total. The first kappa shape index (κ1) is 20.2. The molecular weight excluding hydrogens is 380 g/mol. The summed E-state index contributed by atoms with van der Waals surface area (Å²) in [6.45, 7) is 1.26. The summed E-state index contributed by atoms with van der Waals surface area (Å²) in [6, 6.07) is 7.90. The zero-order valence-electron chi connectivity index (χ0n) is 16.0. The maximum Gasteiger partial charge on any atom is 0.229 e. The molecule has 1 aliphatic rings. The van der Waals surface area contributed by atoms with Gasteiger partial charge in [-0.15, -0.1) is 10.2 Å². The summed E-state index contributed by atoms with van der Waals surface area (Å²) in [5, 5.41) is 12.2. The van der Waals surface area contributed by atoms with Gasteiger partial charge in [0, 0.05) is 26.6 Å². The van der Waals surface area contributed by atoms with Crippen LogP contribution in [0.2, 0.25) is 0 Å². The van der Waals surface area contributed by atoms with Crippen LogP contribution in [-0.4, -0.2) is 49.3 Å². The smallest absolute Gasteiger partial charge is 0.229 e. The Labute approximate surface area is 167 Å². The fourth-order valence-corrected chi connectivity index (χ4v) is 3.92. The SMILES string of the molecule is COCc1nnc(N2CC(C(=O)NCCCc3cccc(OC)c3)CC2=O)s1. The molecule has 28 heavy (non-hydrogen) atoms. The molecule has 1 aliphatic heterocycles. The van der Waals surface area contributed by atoms with Crippen LogP contribution in [0.5, 0.6) is 5.75 Å². The van der Waals surface area contributed by atoms with Crippen molar-refractivity contribution in [2.24, 2.45) is 5.92 Å². The van der Waals surface area contributed by atoms with Gasteiger partial charge in [0.05, 0.1) is 13.0 Å². The van der Waals surface area contributed by atoms with Crippen LogP contribution in [0.3, 0.4) is 0 Å². The van der Waals surface area contributed by atoms with Gasteiger partial charge in [0.25, 0.3) is 0 Å². The highest BCUT2D eigenvalue weighted by Gasteiger charge is 2.36. The standard InChI is InChI=1S/C19H24N4O4S/c1-26-12-16-21-22-19(28-16)23-11-14(10-17(23)24)18(25)20-8-4-6-13-5-3-7-15(9-13)27-2/h3,5,7,9,14H,4,6,8,10-12H2,1-2H3,(H,20,25). The van der Waals surface area contributed by atoms with Crippen LogP contribution in [-0.2, 0) is 27.4 Å². The molecule has 2 heterocycles. The van der Waals surface area contributed by atoms with E-state index in [1.165, 1.54) is 21.8 Å². The fourth-order valence-electron chi connectivity index (χ4n) is 3.08. The second kappa shape index (κ2) is 9.61. The van der Waals surface area contributed by atoms with E-state index in [9.17, 15) is 9.59 Å². The molecule has 1 N–H and O–H groups in total. The van der Waals surface area contributed by atoms with Crippen molar-refractivity contribution in [1.29, 1.82) is 0 Å². The van der Waals surface area contributed by atoms with Crippen molar-refractivity contribution in [2.45, 2.75) is 25.9 Å². The monoisotopic (exact) mass is 404 g/mol. The lowest BCUT2D eigenvalue weighted by atomic mass is 10.1. The van der Waals surface area contributed by atoms with Crippen molar-refractivity contribution >= 4 is 28.3 Å². The zero-order chi connectivity index (χ0) is 19.9. The molecule has 0 bridgehead atoms. The number of anilines is 1. The van der Waals surface area contributed by atoms with Crippen molar-refractivity contribution < 1.29 is 19.1 Å². The normalized spacial score (nSPS) is 16.4. The van der Waals surface area contributed by atoms with E-state index in [0.717, 1.165) is 18.6 Å². The molecule has 2 amide bonds. The second-order valence-corrected chi connectivity index (χ2v) is 7.60. The van der Waals surface area contributed by atoms with E-state index in [4.69, 9.17) is 9.47 Å². The highest BCUT2D eigenvalue weighted by molar-refractivity contribution is 7.15. The van der Waals surface area contributed by atoms with E-state index < -0.39 is 0 Å². The van der Waals surface area contributed by atoms with E-state index in [-0.39, 0.29) is 24.2 Å². The van der Waals surface area contributed by atoms with Crippen LogP contribution in [0.15, 0.2) is 24.3 Å². The molecule has 1 unspecified atom stereocenters. The molecule has 1 atom stereocenters. The number of ether oxygens (including phenoxy) is 2. The minimum absolute atomic E-state index is 0.0943. The van der Waals surface area contributed by atoms with Gasteiger partial charge in [-0.3, -0.25) is 14.5 Å². The van der Waals surface area contributed by atoms with E-state index in [1.54, 1.807) is 14.2 Å². The van der Waals surface area contributed by atoms with Gasteiger partial charge in [0.1, 0.15) is 17.4 Å². The van der Waals surface area contributed by atoms with Gasteiger partial charge >= 0.3 is 0 Å². The molecule has 2 aromatic rings. The molecule has 3 rings (SSSR count). The summed E-state index contributed by atoms with van der Waals surface area (Å²) in [7, 11) is 3.22. The minimum atomic E-state index is -0.362. The van der Waals surface area contributed by atoms with Crippen molar-refractivity contribution in [3.05, 3.63) is 34.8 Å². The largest absolute Gasteiger partial charge is 0.497 e. The van der Waals surface area contributed by atoms with E-state index in [0.29, 0.717) is 29.8 Å². The third kappa shape index (κ3) is 5.05. The lowest BCUT2D eigenvalue weighted by Crippen LogP contribution is -2.33.